The third-order valence-corrected chi connectivity index (χ3v) is 6.12. The number of rotatable bonds is 9. The Morgan fingerprint density at radius 2 is 2.06 bits per heavy atom. The largest absolute Gasteiger partial charge is 0.477 e. The molecular formula is C21H23F2N3O6. The summed E-state index contributed by atoms with van der Waals surface area (Å²) in [6.45, 7) is 1.32. The predicted octanol–water partition coefficient (Wildman–Crippen LogP) is 0.995. The van der Waals surface area contributed by atoms with E-state index in [0.29, 0.717) is 16.7 Å². The van der Waals surface area contributed by atoms with Crippen molar-refractivity contribution in [1.29, 1.82) is 0 Å². The van der Waals surface area contributed by atoms with Gasteiger partial charge >= 0.3 is 11.9 Å². The van der Waals surface area contributed by atoms with E-state index < -0.39 is 41.7 Å². The zero-order chi connectivity index (χ0) is 23.7. The van der Waals surface area contributed by atoms with Gasteiger partial charge in [0.2, 0.25) is 11.8 Å². The summed E-state index contributed by atoms with van der Waals surface area (Å²) in [6.07, 6.45) is -0.410. The van der Waals surface area contributed by atoms with E-state index in [4.69, 9.17) is 5.11 Å². The summed E-state index contributed by atoms with van der Waals surface area (Å²) >= 11 is 0. The summed E-state index contributed by atoms with van der Waals surface area (Å²) in [6, 6.07) is 3.90. The third-order valence-electron chi connectivity index (χ3n) is 6.12. The van der Waals surface area contributed by atoms with Crippen LogP contribution in [0.25, 0.3) is 0 Å². The standard InChI is InChI=1S/C21H23F2N3O6/c1-2-20(7-8-27,21(22,23)19(31)32)24-10-12-3-4-14-13(9-12)11-26(18(14)30)15-5-6-16(28)25-17(15)29/h3-4,8-9,15,24H,2,5-7,10-11H2,1H3,(H,31,32)(H,25,28,29). The number of hydrogen-bond acceptors (Lipinski definition) is 6. The Hall–Kier alpha value is -3.21. The van der Waals surface area contributed by atoms with Crippen LogP contribution in [0.1, 0.15) is 54.1 Å². The fraction of sp³-hybridized carbons (Fsp3) is 0.476. The van der Waals surface area contributed by atoms with Gasteiger partial charge in [0.1, 0.15) is 17.9 Å². The maximum Gasteiger partial charge on any atom is 0.376 e. The number of aliphatic carboxylic acids is 1. The van der Waals surface area contributed by atoms with E-state index >= 15 is 0 Å². The molecule has 11 heteroatoms. The zero-order valence-corrected chi connectivity index (χ0v) is 17.3. The number of amides is 3. The number of carbonyl (C=O) groups is 5. The number of benzene rings is 1. The van der Waals surface area contributed by atoms with Crippen LogP contribution < -0.4 is 10.6 Å². The Kier molecular flexibility index (Phi) is 6.40. The molecule has 3 amide bonds. The van der Waals surface area contributed by atoms with Crippen LogP contribution >= 0.6 is 0 Å². The van der Waals surface area contributed by atoms with E-state index in [1.54, 1.807) is 6.07 Å². The molecule has 1 aromatic rings. The molecule has 0 aliphatic carbocycles. The van der Waals surface area contributed by atoms with Crippen LogP contribution in [0, 0.1) is 0 Å². The second-order valence-corrected chi connectivity index (χ2v) is 7.93. The van der Waals surface area contributed by atoms with Crippen molar-refractivity contribution in [3.05, 3.63) is 34.9 Å². The minimum Gasteiger partial charge on any atom is -0.477 e. The molecule has 32 heavy (non-hydrogen) atoms. The molecule has 0 saturated carbocycles. The van der Waals surface area contributed by atoms with Crippen molar-refractivity contribution in [2.24, 2.45) is 0 Å². The molecule has 2 aliphatic rings. The molecule has 1 aromatic carbocycles. The van der Waals surface area contributed by atoms with Gasteiger partial charge < -0.3 is 20.1 Å². The van der Waals surface area contributed by atoms with Crippen molar-refractivity contribution < 1.29 is 37.9 Å². The number of carboxylic acids is 1. The van der Waals surface area contributed by atoms with Crippen LogP contribution in [0.4, 0.5) is 8.78 Å². The molecule has 1 saturated heterocycles. The Balaban J connectivity index is 1.78. The summed E-state index contributed by atoms with van der Waals surface area (Å²) in [7, 11) is 0. The van der Waals surface area contributed by atoms with Crippen molar-refractivity contribution in [1.82, 2.24) is 15.5 Å². The van der Waals surface area contributed by atoms with Gasteiger partial charge in [-0.3, -0.25) is 19.7 Å². The van der Waals surface area contributed by atoms with Crippen molar-refractivity contribution >= 4 is 30.0 Å². The summed E-state index contributed by atoms with van der Waals surface area (Å²) < 4.78 is 28.8. The minimum absolute atomic E-state index is 0.118. The lowest BCUT2D eigenvalue weighted by atomic mass is 9.84. The van der Waals surface area contributed by atoms with Crippen molar-refractivity contribution in [3.8, 4) is 0 Å². The van der Waals surface area contributed by atoms with E-state index in [2.05, 4.69) is 10.6 Å². The smallest absolute Gasteiger partial charge is 0.376 e. The number of imide groups is 1. The van der Waals surface area contributed by atoms with E-state index in [1.807, 2.05) is 0 Å². The van der Waals surface area contributed by atoms with Crippen LogP contribution in [0.5, 0.6) is 0 Å². The summed E-state index contributed by atoms with van der Waals surface area (Å²) in [5, 5.41) is 13.7. The minimum atomic E-state index is -4.18. The van der Waals surface area contributed by atoms with E-state index in [-0.39, 0.29) is 44.5 Å². The number of hydrogen-bond donors (Lipinski definition) is 3. The van der Waals surface area contributed by atoms with E-state index in [1.165, 1.54) is 24.0 Å². The molecule has 2 heterocycles. The van der Waals surface area contributed by atoms with Gasteiger partial charge in [0.25, 0.3) is 5.91 Å². The van der Waals surface area contributed by atoms with E-state index in [0.717, 1.165) is 0 Å². The third kappa shape index (κ3) is 3.99. The van der Waals surface area contributed by atoms with Gasteiger partial charge in [-0.15, -0.1) is 0 Å². The fourth-order valence-electron chi connectivity index (χ4n) is 4.16. The number of piperidine rings is 1. The molecule has 0 aromatic heterocycles. The Bertz CT molecular complexity index is 982. The molecule has 2 unspecified atom stereocenters. The molecule has 0 spiro atoms. The molecular weight excluding hydrogens is 428 g/mol. The molecule has 172 valence electrons. The zero-order valence-electron chi connectivity index (χ0n) is 17.3. The first-order chi connectivity index (χ1) is 15.1. The first kappa shape index (κ1) is 23.5. The molecule has 2 aliphatic heterocycles. The molecule has 1 fully saturated rings. The number of nitrogens with zero attached hydrogens (tertiary/aromatic N) is 1. The molecule has 3 N–H and O–H groups in total. The quantitative estimate of drug-likeness (QED) is 0.377. The van der Waals surface area contributed by atoms with E-state index in [9.17, 15) is 32.8 Å². The SMILES string of the molecule is CCC(CC=O)(NCc1ccc2c(c1)CN(C1CCC(=O)NC1=O)C2=O)C(F)(F)C(=O)O. The average molecular weight is 451 g/mol. The normalized spacial score (nSPS) is 20.5. The number of carbonyl (C=O) groups excluding carboxylic acids is 4. The Morgan fingerprint density at radius 1 is 1.34 bits per heavy atom. The number of nitrogens with one attached hydrogen (secondary N) is 2. The van der Waals surface area contributed by atoms with Crippen LogP contribution in [0.15, 0.2) is 18.2 Å². The lowest BCUT2D eigenvalue weighted by Crippen LogP contribution is -2.61. The molecule has 3 rings (SSSR count). The number of alkyl halides is 2. The first-order valence-corrected chi connectivity index (χ1v) is 10.1. The highest BCUT2D eigenvalue weighted by Crippen LogP contribution is 2.35. The predicted molar refractivity (Wildman–Crippen MR) is 106 cm³/mol. The maximum absolute atomic E-state index is 14.4. The van der Waals surface area contributed by atoms with Gasteiger partial charge in [0.05, 0.1) is 0 Å². The molecule has 0 bridgehead atoms. The van der Waals surface area contributed by atoms with Gasteiger partial charge in [-0.2, -0.15) is 8.78 Å². The van der Waals surface area contributed by atoms with Crippen LogP contribution in [-0.2, 0) is 32.3 Å². The fourth-order valence-corrected chi connectivity index (χ4v) is 4.16. The Labute approximate surface area is 182 Å². The highest BCUT2D eigenvalue weighted by atomic mass is 19.3. The second kappa shape index (κ2) is 8.73. The van der Waals surface area contributed by atoms with Crippen LogP contribution in [-0.4, -0.2) is 57.5 Å². The molecule has 0 radical (unpaired) electrons. The summed E-state index contributed by atoms with van der Waals surface area (Å²) in [4.78, 5) is 59.7. The lowest BCUT2D eigenvalue weighted by Gasteiger charge is -2.37. The van der Waals surface area contributed by atoms with Gasteiger partial charge in [-0.1, -0.05) is 19.1 Å². The number of carboxylic acid groups (broad SMARTS) is 1. The van der Waals surface area contributed by atoms with Crippen molar-refractivity contribution in [2.75, 3.05) is 0 Å². The molecule has 2 atom stereocenters. The highest BCUT2D eigenvalue weighted by molar-refractivity contribution is 6.05. The van der Waals surface area contributed by atoms with Gasteiger partial charge in [-0.05, 0) is 30.0 Å². The topological polar surface area (TPSA) is 133 Å². The Morgan fingerprint density at radius 3 is 2.66 bits per heavy atom. The summed E-state index contributed by atoms with van der Waals surface area (Å²) in [5.74, 6) is -7.81. The first-order valence-electron chi connectivity index (χ1n) is 10.1. The maximum atomic E-state index is 14.4. The number of fused-ring (bicyclic) bond motifs is 1. The number of halogens is 2. The van der Waals surface area contributed by atoms with Gasteiger partial charge in [0.15, 0.2) is 0 Å². The van der Waals surface area contributed by atoms with Crippen molar-refractivity contribution in [3.63, 3.8) is 0 Å². The van der Waals surface area contributed by atoms with Crippen LogP contribution in [0.3, 0.4) is 0 Å². The summed E-state index contributed by atoms with van der Waals surface area (Å²) in [5.41, 5.74) is -0.814. The highest BCUT2D eigenvalue weighted by Gasteiger charge is 2.58. The number of aldehydes is 1. The average Bonchev–Trinajstić information content (AvgIpc) is 3.06. The lowest BCUT2D eigenvalue weighted by molar-refractivity contribution is -0.180. The van der Waals surface area contributed by atoms with Gasteiger partial charge in [-0.25, -0.2) is 4.79 Å². The van der Waals surface area contributed by atoms with Gasteiger partial charge in [0, 0.05) is 31.5 Å². The van der Waals surface area contributed by atoms with Crippen LogP contribution in [0.2, 0.25) is 0 Å². The second-order valence-electron chi connectivity index (χ2n) is 7.93. The molecule has 9 nitrogen and oxygen atoms in total. The van der Waals surface area contributed by atoms with Crippen molar-refractivity contribution in [2.45, 2.75) is 63.2 Å². The monoisotopic (exact) mass is 451 g/mol.